The van der Waals surface area contributed by atoms with Crippen LogP contribution in [0.3, 0.4) is 0 Å². The zero-order valence-electron chi connectivity index (χ0n) is 17.2. The fourth-order valence-corrected chi connectivity index (χ4v) is 4.90. The highest BCUT2D eigenvalue weighted by Crippen LogP contribution is 2.30. The SMILES string of the molecule is CCOC(=O)c1cc(Cc2ccccc2)sc1NC(=S)NNC(=O)c1csc(CC)c1. The summed E-state index contributed by atoms with van der Waals surface area (Å²) in [6, 6.07) is 13.7. The standard InChI is InChI=1S/C22H23N3O3S3/c1-3-16-11-15(13-30-16)19(26)24-25-22(29)23-20-18(21(27)28-4-2)12-17(31-20)10-14-8-6-5-7-9-14/h5-9,11-13H,3-4,10H2,1-2H3,(H,24,26)(H2,23,25,29). The van der Waals surface area contributed by atoms with Gasteiger partial charge in [-0.2, -0.15) is 0 Å². The first-order valence-corrected chi connectivity index (χ1v) is 11.9. The highest BCUT2D eigenvalue weighted by atomic mass is 32.1. The van der Waals surface area contributed by atoms with Crippen LogP contribution in [0.25, 0.3) is 0 Å². The number of nitrogens with one attached hydrogen (secondary N) is 3. The number of anilines is 1. The second kappa shape index (κ2) is 11.0. The fourth-order valence-electron chi connectivity index (χ4n) is 2.78. The second-order valence-corrected chi connectivity index (χ2v) is 9.07. The minimum Gasteiger partial charge on any atom is -0.462 e. The molecular weight excluding hydrogens is 450 g/mol. The van der Waals surface area contributed by atoms with Gasteiger partial charge in [-0.1, -0.05) is 37.3 Å². The van der Waals surface area contributed by atoms with Gasteiger partial charge in [0.2, 0.25) is 0 Å². The topological polar surface area (TPSA) is 79.5 Å². The summed E-state index contributed by atoms with van der Waals surface area (Å²) in [6.07, 6.45) is 1.57. The molecule has 0 saturated carbocycles. The highest BCUT2D eigenvalue weighted by Gasteiger charge is 2.19. The van der Waals surface area contributed by atoms with Crippen LogP contribution in [-0.4, -0.2) is 23.6 Å². The first kappa shape index (κ1) is 22.9. The number of hydrazine groups is 1. The average Bonchev–Trinajstić information content (AvgIpc) is 3.40. The molecule has 0 radical (unpaired) electrons. The summed E-state index contributed by atoms with van der Waals surface area (Å²) >= 11 is 8.27. The lowest BCUT2D eigenvalue weighted by atomic mass is 10.1. The molecule has 2 heterocycles. The highest BCUT2D eigenvalue weighted by molar-refractivity contribution is 7.80. The molecular formula is C22H23N3O3S3. The van der Waals surface area contributed by atoms with Gasteiger partial charge in [0.15, 0.2) is 5.11 Å². The molecule has 0 unspecified atom stereocenters. The summed E-state index contributed by atoms with van der Waals surface area (Å²) in [5, 5.41) is 5.56. The molecule has 162 valence electrons. The molecule has 1 aromatic carbocycles. The smallest absolute Gasteiger partial charge is 0.341 e. The lowest BCUT2D eigenvalue weighted by molar-refractivity contribution is 0.0528. The predicted molar refractivity (Wildman–Crippen MR) is 130 cm³/mol. The van der Waals surface area contributed by atoms with Gasteiger partial charge in [0.05, 0.1) is 17.7 Å². The number of amides is 1. The van der Waals surface area contributed by atoms with E-state index in [-0.39, 0.29) is 17.6 Å². The first-order valence-electron chi connectivity index (χ1n) is 9.78. The Morgan fingerprint density at radius 3 is 2.52 bits per heavy atom. The number of thiocarbonyl (C=S) groups is 1. The van der Waals surface area contributed by atoms with Crippen molar-refractivity contribution in [2.45, 2.75) is 26.7 Å². The summed E-state index contributed by atoms with van der Waals surface area (Å²) in [4.78, 5) is 26.8. The Bertz CT molecular complexity index is 1060. The van der Waals surface area contributed by atoms with Crippen molar-refractivity contribution in [2.75, 3.05) is 11.9 Å². The quantitative estimate of drug-likeness (QED) is 0.261. The minimum absolute atomic E-state index is 0.179. The molecule has 31 heavy (non-hydrogen) atoms. The molecule has 0 aliphatic heterocycles. The van der Waals surface area contributed by atoms with Crippen LogP contribution in [0, 0.1) is 0 Å². The normalized spacial score (nSPS) is 10.4. The van der Waals surface area contributed by atoms with E-state index < -0.39 is 5.97 Å². The van der Waals surface area contributed by atoms with Gasteiger partial charge in [-0.05, 0) is 43.3 Å². The van der Waals surface area contributed by atoms with Crippen molar-refractivity contribution in [1.29, 1.82) is 0 Å². The van der Waals surface area contributed by atoms with Crippen molar-refractivity contribution in [3.05, 3.63) is 74.3 Å². The summed E-state index contributed by atoms with van der Waals surface area (Å²) in [5.74, 6) is -0.695. The number of carbonyl (C=O) groups is 2. The molecule has 0 spiro atoms. The van der Waals surface area contributed by atoms with Crippen LogP contribution < -0.4 is 16.2 Å². The van der Waals surface area contributed by atoms with Gasteiger partial charge in [-0.25, -0.2) is 4.79 Å². The van der Waals surface area contributed by atoms with Gasteiger partial charge in [0.25, 0.3) is 5.91 Å². The number of hydrogen-bond acceptors (Lipinski definition) is 6. The van der Waals surface area contributed by atoms with Crippen LogP contribution in [0.15, 0.2) is 47.8 Å². The van der Waals surface area contributed by atoms with E-state index in [9.17, 15) is 9.59 Å². The van der Waals surface area contributed by atoms with Crippen LogP contribution in [0.1, 0.15) is 49.9 Å². The van der Waals surface area contributed by atoms with Gasteiger partial charge >= 0.3 is 5.97 Å². The maximum atomic E-state index is 12.4. The molecule has 0 aliphatic carbocycles. The van der Waals surface area contributed by atoms with Crippen molar-refractivity contribution in [2.24, 2.45) is 0 Å². The third-order valence-electron chi connectivity index (χ3n) is 4.28. The Kier molecular flexibility index (Phi) is 8.16. The van der Waals surface area contributed by atoms with E-state index in [1.54, 1.807) is 23.6 Å². The van der Waals surface area contributed by atoms with Crippen molar-refractivity contribution in [1.82, 2.24) is 10.9 Å². The average molecular weight is 474 g/mol. The van der Waals surface area contributed by atoms with E-state index in [4.69, 9.17) is 17.0 Å². The Morgan fingerprint density at radius 2 is 1.84 bits per heavy atom. The number of aryl methyl sites for hydroxylation is 1. The first-order chi connectivity index (χ1) is 15.0. The predicted octanol–water partition coefficient (Wildman–Crippen LogP) is 4.77. The molecule has 3 N–H and O–H groups in total. The molecule has 3 rings (SSSR count). The van der Waals surface area contributed by atoms with E-state index in [1.165, 1.54) is 11.3 Å². The molecule has 2 aromatic heterocycles. The van der Waals surface area contributed by atoms with Gasteiger partial charge < -0.3 is 10.1 Å². The molecule has 0 atom stereocenters. The summed E-state index contributed by atoms with van der Waals surface area (Å²) in [6.45, 7) is 4.08. The van der Waals surface area contributed by atoms with Gasteiger partial charge in [0, 0.05) is 21.6 Å². The number of thiophene rings is 2. The fraction of sp³-hybridized carbons (Fsp3) is 0.227. The molecule has 3 aromatic rings. The molecule has 1 amide bonds. The maximum absolute atomic E-state index is 12.4. The lowest BCUT2D eigenvalue weighted by Crippen LogP contribution is -2.43. The minimum atomic E-state index is -0.419. The van der Waals surface area contributed by atoms with Crippen LogP contribution in [-0.2, 0) is 17.6 Å². The number of rotatable bonds is 7. The van der Waals surface area contributed by atoms with Crippen molar-refractivity contribution < 1.29 is 14.3 Å². The number of esters is 1. The zero-order chi connectivity index (χ0) is 22.2. The summed E-state index contributed by atoms with van der Waals surface area (Å²) in [7, 11) is 0. The third-order valence-corrected chi connectivity index (χ3v) is 6.62. The van der Waals surface area contributed by atoms with E-state index in [2.05, 4.69) is 16.2 Å². The molecule has 0 aliphatic rings. The Morgan fingerprint density at radius 1 is 1.06 bits per heavy atom. The largest absolute Gasteiger partial charge is 0.462 e. The van der Waals surface area contributed by atoms with E-state index >= 15 is 0 Å². The van der Waals surface area contributed by atoms with Crippen LogP contribution in [0.5, 0.6) is 0 Å². The molecule has 0 bridgehead atoms. The second-order valence-electron chi connectivity index (χ2n) is 6.53. The summed E-state index contributed by atoms with van der Waals surface area (Å²) in [5.41, 5.74) is 7.40. The lowest BCUT2D eigenvalue weighted by Gasteiger charge is -2.11. The monoisotopic (exact) mass is 473 g/mol. The van der Waals surface area contributed by atoms with Crippen molar-refractivity contribution in [3.8, 4) is 0 Å². The maximum Gasteiger partial charge on any atom is 0.341 e. The molecule has 0 saturated heterocycles. The number of hydrogen-bond donors (Lipinski definition) is 3. The Labute approximate surface area is 194 Å². The molecule has 6 nitrogen and oxygen atoms in total. The summed E-state index contributed by atoms with van der Waals surface area (Å²) < 4.78 is 5.18. The van der Waals surface area contributed by atoms with Gasteiger partial charge in [0.1, 0.15) is 5.00 Å². The van der Waals surface area contributed by atoms with Crippen LogP contribution in [0.2, 0.25) is 0 Å². The van der Waals surface area contributed by atoms with Crippen LogP contribution >= 0.6 is 34.9 Å². The van der Waals surface area contributed by atoms with Crippen molar-refractivity contribution >= 4 is 56.9 Å². The Hall–Kier alpha value is -2.75. The molecule has 0 fully saturated rings. The number of carbonyl (C=O) groups excluding carboxylic acids is 2. The molecule has 9 heteroatoms. The third kappa shape index (κ3) is 6.36. The van der Waals surface area contributed by atoms with E-state index in [1.807, 2.05) is 49.4 Å². The Balaban J connectivity index is 1.67. The van der Waals surface area contributed by atoms with Gasteiger partial charge in [-0.3, -0.25) is 15.6 Å². The number of ether oxygens (including phenoxy) is 1. The van der Waals surface area contributed by atoms with Gasteiger partial charge in [-0.15, -0.1) is 22.7 Å². The van der Waals surface area contributed by atoms with E-state index in [0.29, 0.717) is 22.5 Å². The zero-order valence-corrected chi connectivity index (χ0v) is 19.6. The van der Waals surface area contributed by atoms with E-state index in [0.717, 1.165) is 21.7 Å². The number of benzene rings is 1. The van der Waals surface area contributed by atoms with Crippen molar-refractivity contribution in [3.63, 3.8) is 0 Å². The van der Waals surface area contributed by atoms with Crippen LogP contribution in [0.4, 0.5) is 5.00 Å².